The van der Waals surface area contributed by atoms with Gasteiger partial charge in [-0.15, -0.1) is 0 Å². The van der Waals surface area contributed by atoms with E-state index in [0.29, 0.717) is 0 Å². The van der Waals surface area contributed by atoms with Crippen LogP contribution in [-0.4, -0.2) is 5.11 Å². The Kier molecular flexibility index (Phi) is 4.11. The van der Waals surface area contributed by atoms with E-state index >= 15 is 0 Å². The largest absolute Gasteiger partial charge is 0.508 e. The predicted molar refractivity (Wildman–Crippen MR) is 76.2 cm³/mol. The molecule has 94 valence electrons. The Hall–Kier alpha value is -1.67. The third kappa shape index (κ3) is 2.96. The molecule has 1 unspecified atom stereocenters. The number of aromatic hydroxyl groups is 1. The minimum Gasteiger partial charge on any atom is -0.508 e. The Bertz CT molecular complexity index is 510. The highest BCUT2D eigenvalue weighted by Gasteiger charge is 2.10. The van der Waals surface area contributed by atoms with Gasteiger partial charge in [0.1, 0.15) is 5.75 Å². The number of hydrogen-bond acceptors (Lipinski definition) is 2. The normalized spacial score (nSPS) is 12.1. The Labute approximate surface area is 112 Å². The average Bonchev–Trinajstić information content (AvgIpc) is 2.39. The van der Waals surface area contributed by atoms with E-state index < -0.39 is 0 Å². The molecule has 2 aromatic carbocycles. The molecule has 2 aromatic rings. The maximum atomic E-state index is 9.30. The molecule has 0 aromatic heterocycles. The minimum absolute atomic E-state index is 0.186. The molecule has 0 radical (unpaired) electrons. The molecule has 0 heterocycles. The van der Waals surface area contributed by atoms with Crippen LogP contribution >= 0.6 is 11.6 Å². The van der Waals surface area contributed by atoms with E-state index in [0.717, 1.165) is 22.7 Å². The lowest BCUT2D eigenvalue weighted by Gasteiger charge is -2.19. The molecule has 2 rings (SSSR count). The van der Waals surface area contributed by atoms with Gasteiger partial charge in [0.15, 0.2) is 0 Å². The first-order chi connectivity index (χ1) is 8.70. The van der Waals surface area contributed by atoms with Gasteiger partial charge < -0.3 is 10.4 Å². The molecule has 0 spiro atoms. The number of nitrogens with one attached hydrogen (secondary N) is 1. The van der Waals surface area contributed by atoms with Gasteiger partial charge in [-0.1, -0.05) is 42.8 Å². The van der Waals surface area contributed by atoms with Crippen LogP contribution in [0.1, 0.15) is 24.9 Å². The van der Waals surface area contributed by atoms with Crippen LogP contribution in [0.15, 0.2) is 48.5 Å². The quantitative estimate of drug-likeness (QED) is 0.842. The van der Waals surface area contributed by atoms with Crippen LogP contribution in [0.25, 0.3) is 0 Å². The van der Waals surface area contributed by atoms with Gasteiger partial charge in [-0.05, 0) is 36.2 Å². The van der Waals surface area contributed by atoms with Crippen molar-refractivity contribution in [2.45, 2.75) is 19.4 Å². The van der Waals surface area contributed by atoms with Crippen molar-refractivity contribution in [3.05, 3.63) is 59.1 Å². The zero-order valence-electron chi connectivity index (χ0n) is 10.2. The SMILES string of the molecule is CCC(Nc1ccccc1Cl)c1ccc(O)cc1. The standard InChI is InChI=1S/C15H16ClNO/c1-2-14(11-7-9-12(18)10-8-11)17-15-6-4-3-5-13(15)16/h3-10,14,17-18H,2H2,1H3. The van der Waals surface area contributed by atoms with E-state index in [1.165, 1.54) is 0 Å². The maximum absolute atomic E-state index is 9.30. The molecule has 0 saturated carbocycles. The third-order valence-corrected chi connectivity index (χ3v) is 3.24. The second-order valence-corrected chi connectivity index (χ2v) is 4.58. The van der Waals surface area contributed by atoms with E-state index in [4.69, 9.17) is 11.6 Å². The molecule has 0 aliphatic heterocycles. The number of rotatable bonds is 4. The zero-order chi connectivity index (χ0) is 13.0. The summed E-state index contributed by atoms with van der Waals surface area (Å²) in [6.45, 7) is 2.11. The van der Waals surface area contributed by atoms with Crippen LogP contribution in [0.4, 0.5) is 5.69 Å². The fraction of sp³-hybridized carbons (Fsp3) is 0.200. The lowest BCUT2D eigenvalue weighted by atomic mass is 10.0. The molecule has 1 atom stereocenters. The second-order valence-electron chi connectivity index (χ2n) is 4.18. The Morgan fingerprint density at radius 3 is 2.39 bits per heavy atom. The van der Waals surface area contributed by atoms with Crippen LogP contribution in [0.3, 0.4) is 0 Å². The summed E-state index contributed by atoms with van der Waals surface area (Å²) < 4.78 is 0. The number of hydrogen-bond donors (Lipinski definition) is 2. The van der Waals surface area contributed by atoms with Crippen molar-refractivity contribution in [2.24, 2.45) is 0 Å². The van der Waals surface area contributed by atoms with Crippen LogP contribution in [0.5, 0.6) is 5.75 Å². The van der Waals surface area contributed by atoms with Gasteiger partial charge in [0.25, 0.3) is 0 Å². The minimum atomic E-state index is 0.186. The van der Waals surface area contributed by atoms with Crippen molar-refractivity contribution in [1.29, 1.82) is 0 Å². The number of para-hydroxylation sites is 1. The van der Waals surface area contributed by atoms with E-state index in [1.54, 1.807) is 12.1 Å². The first-order valence-electron chi connectivity index (χ1n) is 6.00. The van der Waals surface area contributed by atoms with E-state index in [2.05, 4.69) is 12.2 Å². The molecule has 18 heavy (non-hydrogen) atoms. The summed E-state index contributed by atoms with van der Waals surface area (Å²) >= 11 is 6.14. The van der Waals surface area contributed by atoms with E-state index in [-0.39, 0.29) is 11.8 Å². The molecular weight excluding hydrogens is 246 g/mol. The van der Waals surface area contributed by atoms with Gasteiger partial charge in [0.05, 0.1) is 16.8 Å². The molecule has 2 N–H and O–H groups in total. The highest BCUT2D eigenvalue weighted by atomic mass is 35.5. The molecule has 0 aliphatic rings. The van der Waals surface area contributed by atoms with Crippen molar-refractivity contribution in [3.8, 4) is 5.75 Å². The zero-order valence-corrected chi connectivity index (χ0v) is 11.0. The second kappa shape index (κ2) is 5.78. The molecule has 0 bridgehead atoms. The van der Waals surface area contributed by atoms with E-state index in [1.807, 2.05) is 36.4 Å². The van der Waals surface area contributed by atoms with Crippen molar-refractivity contribution >= 4 is 17.3 Å². The monoisotopic (exact) mass is 261 g/mol. The molecule has 0 fully saturated rings. The summed E-state index contributed by atoms with van der Waals surface area (Å²) in [6, 6.07) is 15.1. The van der Waals surface area contributed by atoms with Crippen molar-refractivity contribution in [3.63, 3.8) is 0 Å². The van der Waals surface area contributed by atoms with Crippen molar-refractivity contribution in [1.82, 2.24) is 0 Å². The van der Waals surface area contributed by atoms with Gasteiger partial charge >= 0.3 is 0 Å². The lowest BCUT2D eigenvalue weighted by Crippen LogP contribution is -2.09. The molecule has 2 nitrogen and oxygen atoms in total. The van der Waals surface area contributed by atoms with Gasteiger partial charge in [-0.3, -0.25) is 0 Å². The summed E-state index contributed by atoms with van der Waals surface area (Å²) in [5.41, 5.74) is 2.06. The number of phenolic OH excluding ortho intramolecular Hbond substituents is 1. The fourth-order valence-corrected chi connectivity index (χ4v) is 2.08. The maximum Gasteiger partial charge on any atom is 0.115 e. The molecular formula is C15H16ClNO. The van der Waals surface area contributed by atoms with Gasteiger partial charge in [0, 0.05) is 0 Å². The molecule has 0 aliphatic carbocycles. The lowest BCUT2D eigenvalue weighted by molar-refractivity contribution is 0.475. The van der Waals surface area contributed by atoms with Gasteiger partial charge in [-0.2, -0.15) is 0 Å². The van der Waals surface area contributed by atoms with Crippen LogP contribution < -0.4 is 5.32 Å². The molecule has 0 saturated heterocycles. The number of phenols is 1. The van der Waals surface area contributed by atoms with Crippen molar-refractivity contribution < 1.29 is 5.11 Å². The molecule has 0 amide bonds. The Balaban J connectivity index is 2.20. The van der Waals surface area contributed by atoms with Gasteiger partial charge in [0.2, 0.25) is 0 Å². The topological polar surface area (TPSA) is 32.3 Å². The summed E-state index contributed by atoms with van der Waals surface area (Å²) in [6.07, 6.45) is 0.940. The Morgan fingerprint density at radius 2 is 1.78 bits per heavy atom. The summed E-state index contributed by atoms with van der Waals surface area (Å²) in [7, 11) is 0. The summed E-state index contributed by atoms with van der Waals surface area (Å²) in [5.74, 6) is 0.284. The fourth-order valence-electron chi connectivity index (χ4n) is 1.89. The molecule has 3 heteroatoms. The van der Waals surface area contributed by atoms with Crippen LogP contribution in [-0.2, 0) is 0 Å². The highest BCUT2D eigenvalue weighted by molar-refractivity contribution is 6.33. The first kappa shape index (κ1) is 12.8. The van der Waals surface area contributed by atoms with Gasteiger partial charge in [-0.25, -0.2) is 0 Å². The van der Waals surface area contributed by atoms with Crippen LogP contribution in [0.2, 0.25) is 5.02 Å². The van der Waals surface area contributed by atoms with Crippen molar-refractivity contribution in [2.75, 3.05) is 5.32 Å². The first-order valence-corrected chi connectivity index (χ1v) is 6.38. The Morgan fingerprint density at radius 1 is 1.11 bits per heavy atom. The van der Waals surface area contributed by atoms with Crippen LogP contribution in [0, 0.1) is 0 Å². The summed E-state index contributed by atoms with van der Waals surface area (Å²) in [4.78, 5) is 0. The number of halogens is 1. The highest BCUT2D eigenvalue weighted by Crippen LogP contribution is 2.28. The van der Waals surface area contributed by atoms with E-state index in [9.17, 15) is 5.11 Å². The third-order valence-electron chi connectivity index (χ3n) is 2.91. The number of benzene rings is 2. The predicted octanol–water partition coefficient (Wildman–Crippen LogP) is 4.61. The number of anilines is 1. The summed E-state index contributed by atoms with van der Waals surface area (Å²) in [5, 5.41) is 13.4. The smallest absolute Gasteiger partial charge is 0.115 e. The average molecular weight is 262 g/mol.